The standard InChI is InChI=1S/C21H17ClN2O2S/c22-18-14-8-7-13-17(18)20(25)23-24-21(26)19(15-9-3-1-4-10-15)27-16-11-5-2-6-12-16/h1-14,19H,(H,23,25)(H,24,26). The van der Waals surface area contributed by atoms with Crippen LogP contribution in [0.15, 0.2) is 89.8 Å². The Kier molecular flexibility index (Phi) is 6.52. The molecule has 0 aromatic heterocycles. The van der Waals surface area contributed by atoms with Crippen LogP contribution in [0.5, 0.6) is 0 Å². The number of benzene rings is 3. The quantitative estimate of drug-likeness (QED) is 0.488. The van der Waals surface area contributed by atoms with Crippen molar-refractivity contribution in [3.05, 3.63) is 101 Å². The zero-order valence-electron chi connectivity index (χ0n) is 14.3. The number of halogens is 1. The molecule has 0 spiro atoms. The zero-order valence-corrected chi connectivity index (χ0v) is 15.8. The van der Waals surface area contributed by atoms with Gasteiger partial charge in [-0.25, -0.2) is 0 Å². The van der Waals surface area contributed by atoms with Crippen LogP contribution in [0.25, 0.3) is 0 Å². The van der Waals surface area contributed by atoms with Crippen LogP contribution < -0.4 is 10.9 Å². The number of carbonyl (C=O) groups excluding carboxylic acids is 2. The molecule has 4 nitrogen and oxygen atoms in total. The highest BCUT2D eigenvalue weighted by Gasteiger charge is 2.22. The van der Waals surface area contributed by atoms with Gasteiger partial charge in [0.1, 0.15) is 5.25 Å². The highest BCUT2D eigenvalue weighted by atomic mass is 35.5. The van der Waals surface area contributed by atoms with Gasteiger partial charge in [0.25, 0.3) is 11.8 Å². The number of nitrogens with one attached hydrogen (secondary N) is 2. The molecule has 27 heavy (non-hydrogen) atoms. The van der Waals surface area contributed by atoms with Gasteiger partial charge in [0.05, 0.1) is 10.6 Å². The SMILES string of the molecule is O=C(NNC(=O)C(Sc1ccccc1)c1ccccc1)c1ccccc1Cl. The van der Waals surface area contributed by atoms with Gasteiger partial charge >= 0.3 is 0 Å². The van der Waals surface area contributed by atoms with E-state index >= 15 is 0 Å². The fraction of sp³-hybridized carbons (Fsp3) is 0.0476. The molecule has 3 aromatic carbocycles. The van der Waals surface area contributed by atoms with Crippen molar-refractivity contribution in [2.24, 2.45) is 0 Å². The molecule has 0 radical (unpaired) electrons. The number of hydrogen-bond acceptors (Lipinski definition) is 3. The highest BCUT2D eigenvalue weighted by molar-refractivity contribution is 8.00. The van der Waals surface area contributed by atoms with Gasteiger partial charge in [-0.2, -0.15) is 0 Å². The van der Waals surface area contributed by atoms with Gasteiger partial charge in [0.15, 0.2) is 0 Å². The van der Waals surface area contributed by atoms with Crippen LogP contribution in [0, 0.1) is 0 Å². The second-order valence-corrected chi connectivity index (χ2v) is 7.23. The maximum absolute atomic E-state index is 12.8. The number of amides is 2. The summed E-state index contributed by atoms with van der Waals surface area (Å²) in [4.78, 5) is 26.0. The topological polar surface area (TPSA) is 58.2 Å². The Morgan fingerprint density at radius 3 is 2.04 bits per heavy atom. The predicted octanol–water partition coefficient (Wildman–Crippen LogP) is 4.63. The van der Waals surface area contributed by atoms with E-state index in [1.54, 1.807) is 24.3 Å². The molecule has 2 N–H and O–H groups in total. The normalized spacial score (nSPS) is 11.4. The summed E-state index contributed by atoms with van der Waals surface area (Å²) in [6, 6.07) is 25.7. The lowest BCUT2D eigenvalue weighted by Crippen LogP contribution is -2.43. The number of carbonyl (C=O) groups is 2. The van der Waals surface area contributed by atoms with Crippen molar-refractivity contribution < 1.29 is 9.59 Å². The van der Waals surface area contributed by atoms with Gasteiger partial charge in [0.2, 0.25) is 0 Å². The summed E-state index contributed by atoms with van der Waals surface area (Å²) >= 11 is 7.43. The monoisotopic (exact) mass is 396 g/mol. The first kappa shape index (κ1) is 19.0. The Labute approximate surface area is 166 Å². The van der Waals surface area contributed by atoms with Crippen molar-refractivity contribution in [2.45, 2.75) is 10.1 Å². The maximum Gasteiger partial charge on any atom is 0.271 e. The molecule has 1 atom stereocenters. The summed E-state index contributed by atoms with van der Waals surface area (Å²) in [5.41, 5.74) is 6.09. The molecule has 6 heteroatoms. The molecular formula is C21H17ClN2O2S. The van der Waals surface area contributed by atoms with Crippen LogP contribution in [-0.2, 0) is 4.79 Å². The molecule has 136 valence electrons. The molecule has 0 fully saturated rings. The number of hydrazine groups is 1. The van der Waals surface area contributed by atoms with Crippen LogP contribution in [0.2, 0.25) is 5.02 Å². The van der Waals surface area contributed by atoms with E-state index in [1.165, 1.54) is 11.8 Å². The smallest absolute Gasteiger partial charge is 0.271 e. The fourth-order valence-electron chi connectivity index (χ4n) is 2.43. The van der Waals surface area contributed by atoms with Gasteiger partial charge < -0.3 is 0 Å². The Morgan fingerprint density at radius 1 is 0.778 bits per heavy atom. The first-order valence-electron chi connectivity index (χ1n) is 8.26. The van der Waals surface area contributed by atoms with Gasteiger partial charge in [-0.15, -0.1) is 11.8 Å². The van der Waals surface area contributed by atoms with E-state index in [-0.39, 0.29) is 5.91 Å². The second kappa shape index (κ2) is 9.26. The summed E-state index contributed by atoms with van der Waals surface area (Å²) in [6.07, 6.45) is 0. The van der Waals surface area contributed by atoms with Crippen molar-refractivity contribution in [1.29, 1.82) is 0 Å². The van der Waals surface area contributed by atoms with Crippen LogP contribution in [0.3, 0.4) is 0 Å². The van der Waals surface area contributed by atoms with Crippen molar-refractivity contribution in [3.63, 3.8) is 0 Å². The lowest BCUT2D eigenvalue weighted by Gasteiger charge is -2.17. The van der Waals surface area contributed by atoms with E-state index in [2.05, 4.69) is 10.9 Å². The summed E-state index contributed by atoms with van der Waals surface area (Å²) in [5, 5.41) is -0.192. The van der Waals surface area contributed by atoms with E-state index in [9.17, 15) is 9.59 Å². The molecule has 3 rings (SSSR count). The van der Waals surface area contributed by atoms with Gasteiger partial charge in [0, 0.05) is 4.90 Å². The average molecular weight is 397 g/mol. The molecule has 0 saturated heterocycles. The lowest BCUT2D eigenvalue weighted by molar-refractivity contribution is -0.121. The first-order valence-corrected chi connectivity index (χ1v) is 9.52. The summed E-state index contributed by atoms with van der Waals surface area (Å²) < 4.78 is 0. The third-order valence-electron chi connectivity index (χ3n) is 3.76. The van der Waals surface area contributed by atoms with Gasteiger partial charge in [-0.3, -0.25) is 20.4 Å². The Morgan fingerprint density at radius 2 is 1.37 bits per heavy atom. The van der Waals surface area contributed by atoms with Crippen LogP contribution in [-0.4, -0.2) is 11.8 Å². The Balaban J connectivity index is 1.73. The molecule has 2 amide bonds. The van der Waals surface area contributed by atoms with Crippen LogP contribution in [0.1, 0.15) is 21.2 Å². The molecule has 1 unspecified atom stereocenters. The Bertz CT molecular complexity index is 920. The molecule has 0 bridgehead atoms. The van der Waals surface area contributed by atoms with Crippen molar-refractivity contribution in [3.8, 4) is 0 Å². The molecular weight excluding hydrogens is 380 g/mol. The fourth-order valence-corrected chi connectivity index (χ4v) is 3.70. The van der Waals surface area contributed by atoms with Gasteiger partial charge in [-0.1, -0.05) is 72.3 Å². The van der Waals surface area contributed by atoms with E-state index in [0.717, 1.165) is 10.5 Å². The zero-order chi connectivity index (χ0) is 19.1. The molecule has 0 heterocycles. The first-order chi connectivity index (χ1) is 13.1. The highest BCUT2D eigenvalue weighted by Crippen LogP contribution is 2.35. The van der Waals surface area contributed by atoms with Gasteiger partial charge in [-0.05, 0) is 29.8 Å². The average Bonchev–Trinajstić information content (AvgIpc) is 2.72. The van der Waals surface area contributed by atoms with Crippen molar-refractivity contribution in [2.75, 3.05) is 0 Å². The third-order valence-corrected chi connectivity index (χ3v) is 5.35. The molecule has 0 aliphatic heterocycles. The maximum atomic E-state index is 12.8. The van der Waals surface area contributed by atoms with Crippen LogP contribution in [0.4, 0.5) is 0 Å². The molecule has 0 aliphatic rings. The van der Waals surface area contributed by atoms with Crippen LogP contribution >= 0.6 is 23.4 Å². The molecule has 0 aliphatic carbocycles. The minimum absolute atomic E-state index is 0.298. The minimum Gasteiger partial charge on any atom is -0.272 e. The second-order valence-electron chi connectivity index (χ2n) is 5.64. The number of rotatable bonds is 5. The predicted molar refractivity (Wildman–Crippen MR) is 109 cm³/mol. The summed E-state index contributed by atoms with van der Waals surface area (Å²) in [7, 11) is 0. The summed E-state index contributed by atoms with van der Waals surface area (Å²) in [6.45, 7) is 0. The van der Waals surface area contributed by atoms with Crippen molar-refractivity contribution >= 4 is 35.2 Å². The summed E-state index contributed by atoms with van der Waals surface area (Å²) in [5.74, 6) is -0.791. The lowest BCUT2D eigenvalue weighted by atomic mass is 10.1. The van der Waals surface area contributed by atoms with E-state index in [1.807, 2.05) is 60.7 Å². The number of hydrogen-bond donors (Lipinski definition) is 2. The molecule has 0 saturated carbocycles. The number of thioether (sulfide) groups is 1. The minimum atomic E-state index is -0.514. The van der Waals surface area contributed by atoms with Crippen molar-refractivity contribution in [1.82, 2.24) is 10.9 Å². The van der Waals surface area contributed by atoms with E-state index in [0.29, 0.717) is 10.6 Å². The Hall–Kier alpha value is -2.76. The third kappa shape index (κ3) is 5.12. The van der Waals surface area contributed by atoms with E-state index < -0.39 is 11.2 Å². The van der Waals surface area contributed by atoms with E-state index in [4.69, 9.17) is 11.6 Å². The molecule has 3 aromatic rings. The largest absolute Gasteiger partial charge is 0.272 e.